The van der Waals surface area contributed by atoms with Gasteiger partial charge in [-0.15, -0.1) is 0 Å². The lowest BCUT2D eigenvalue weighted by Gasteiger charge is -2.51. The van der Waals surface area contributed by atoms with Crippen LogP contribution in [0.5, 0.6) is 0 Å². The summed E-state index contributed by atoms with van der Waals surface area (Å²) in [5, 5.41) is 2.05. The topological polar surface area (TPSA) is 29.5 Å². The van der Waals surface area contributed by atoms with Gasteiger partial charge in [0.25, 0.3) is 0 Å². The average Bonchev–Trinajstić information content (AvgIpc) is 2.14. The van der Waals surface area contributed by atoms with Gasteiger partial charge in [0.05, 0.1) is 0 Å². The van der Waals surface area contributed by atoms with Crippen molar-refractivity contribution in [3.63, 3.8) is 0 Å². The Morgan fingerprint density at radius 3 is 2.06 bits per heavy atom. The van der Waals surface area contributed by atoms with E-state index in [0.717, 1.165) is 12.8 Å². The summed E-state index contributed by atoms with van der Waals surface area (Å²) >= 11 is 0. The number of nitrogens with zero attached hydrogens (tertiary/aromatic N) is 1. The summed E-state index contributed by atoms with van der Waals surface area (Å²) in [6, 6.07) is 0. The Hall–Kier alpha value is -0.410. The van der Waals surface area contributed by atoms with Crippen molar-refractivity contribution >= 4 is 5.78 Å². The first kappa shape index (κ1) is 14.7. The van der Waals surface area contributed by atoms with Crippen LogP contribution in [0.15, 0.2) is 0 Å². The Labute approximate surface area is 105 Å². The molecular formula is C14H27NO2. The van der Waals surface area contributed by atoms with Gasteiger partial charge < -0.3 is 0 Å². The zero-order chi connectivity index (χ0) is 13.3. The molecule has 17 heavy (non-hydrogen) atoms. The second-order valence-corrected chi connectivity index (χ2v) is 6.67. The number of carbonyl (C=O) groups excluding carboxylic acids is 1. The molecule has 0 N–H and O–H groups in total. The minimum Gasteiger partial charge on any atom is -0.297 e. The molecule has 1 fully saturated rings. The van der Waals surface area contributed by atoms with Gasteiger partial charge in [-0.3, -0.25) is 9.63 Å². The van der Waals surface area contributed by atoms with E-state index in [4.69, 9.17) is 4.84 Å². The second-order valence-electron chi connectivity index (χ2n) is 6.67. The normalized spacial score (nSPS) is 23.9. The Morgan fingerprint density at radius 1 is 1.18 bits per heavy atom. The number of carbonyl (C=O) groups is 1. The minimum atomic E-state index is 0.0129. The molecule has 0 amide bonds. The molecule has 0 atom stereocenters. The van der Waals surface area contributed by atoms with Gasteiger partial charge in [-0.2, -0.15) is 5.06 Å². The standard InChI is InChI=1S/C14H27NO2/c1-11(2)12(16)10-17-15-13(3,4)8-7-9-14(15,5)6/h11H,7-10H2,1-6H3. The van der Waals surface area contributed by atoms with Crippen molar-refractivity contribution < 1.29 is 9.63 Å². The van der Waals surface area contributed by atoms with E-state index >= 15 is 0 Å². The fraction of sp³-hybridized carbons (Fsp3) is 0.929. The van der Waals surface area contributed by atoms with Gasteiger partial charge in [-0.05, 0) is 47.0 Å². The maximum Gasteiger partial charge on any atom is 0.163 e. The SMILES string of the molecule is CC(C)C(=O)CON1C(C)(C)CCCC1(C)C. The van der Waals surface area contributed by atoms with E-state index < -0.39 is 0 Å². The molecule has 1 saturated heterocycles. The molecule has 0 aromatic carbocycles. The summed E-state index contributed by atoms with van der Waals surface area (Å²) < 4.78 is 0. The molecule has 0 aromatic heterocycles. The highest BCUT2D eigenvalue weighted by Gasteiger charge is 2.42. The molecule has 1 aliphatic heterocycles. The van der Waals surface area contributed by atoms with Crippen molar-refractivity contribution in [2.24, 2.45) is 5.92 Å². The molecule has 0 aromatic rings. The average molecular weight is 241 g/mol. The molecular weight excluding hydrogens is 214 g/mol. The van der Waals surface area contributed by atoms with E-state index in [1.807, 2.05) is 18.9 Å². The molecule has 1 aliphatic rings. The highest BCUT2D eigenvalue weighted by atomic mass is 16.7. The van der Waals surface area contributed by atoms with Crippen LogP contribution in [0.25, 0.3) is 0 Å². The van der Waals surface area contributed by atoms with E-state index in [1.54, 1.807) is 0 Å². The first-order valence-corrected chi connectivity index (χ1v) is 6.63. The predicted octanol–water partition coefficient (Wildman–Crippen LogP) is 3.19. The van der Waals surface area contributed by atoms with Crippen molar-refractivity contribution in [1.29, 1.82) is 0 Å². The number of hydrogen-bond donors (Lipinski definition) is 0. The van der Waals surface area contributed by atoms with Crippen LogP contribution in [-0.4, -0.2) is 28.5 Å². The number of Topliss-reactive ketones (excluding diaryl/α,β-unsaturated/α-hetero) is 1. The Morgan fingerprint density at radius 2 is 1.65 bits per heavy atom. The van der Waals surface area contributed by atoms with Crippen LogP contribution in [0.3, 0.4) is 0 Å². The van der Waals surface area contributed by atoms with E-state index in [0.29, 0.717) is 0 Å². The summed E-state index contributed by atoms with van der Waals surface area (Å²) in [4.78, 5) is 17.5. The van der Waals surface area contributed by atoms with Crippen molar-refractivity contribution in [1.82, 2.24) is 5.06 Å². The third-order valence-corrected chi connectivity index (χ3v) is 3.66. The van der Waals surface area contributed by atoms with Gasteiger partial charge in [-0.25, -0.2) is 0 Å². The van der Waals surface area contributed by atoms with Gasteiger partial charge in [0.1, 0.15) is 6.61 Å². The Balaban J connectivity index is 2.67. The lowest BCUT2D eigenvalue weighted by Crippen LogP contribution is -2.58. The Kier molecular flexibility index (Phi) is 4.37. The fourth-order valence-corrected chi connectivity index (χ4v) is 2.62. The lowest BCUT2D eigenvalue weighted by atomic mass is 9.82. The summed E-state index contributed by atoms with van der Waals surface area (Å²) in [6.07, 6.45) is 3.45. The predicted molar refractivity (Wildman–Crippen MR) is 69.6 cm³/mol. The van der Waals surface area contributed by atoms with Gasteiger partial charge in [-0.1, -0.05) is 13.8 Å². The van der Waals surface area contributed by atoms with Crippen molar-refractivity contribution in [3.05, 3.63) is 0 Å². The van der Waals surface area contributed by atoms with Gasteiger partial charge in [0, 0.05) is 17.0 Å². The lowest BCUT2D eigenvalue weighted by molar-refractivity contribution is -0.276. The molecule has 0 radical (unpaired) electrons. The number of piperidine rings is 1. The van der Waals surface area contributed by atoms with Gasteiger partial charge >= 0.3 is 0 Å². The molecule has 3 heteroatoms. The number of ketones is 1. The highest BCUT2D eigenvalue weighted by molar-refractivity contribution is 5.81. The second kappa shape index (κ2) is 5.07. The van der Waals surface area contributed by atoms with Crippen LogP contribution in [0, 0.1) is 5.92 Å². The van der Waals surface area contributed by atoms with Gasteiger partial charge in [0.2, 0.25) is 0 Å². The van der Waals surface area contributed by atoms with Crippen LogP contribution < -0.4 is 0 Å². The fourth-order valence-electron chi connectivity index (χ4n) is 2.62. The van der Waals surface area contributed by atoms with Crippen LogP contribution in [0.1, 0.15) is 60.8 Å². The van der Waals surface area contributed by atoms with Crippen LogP contribution >= 0.6 is 0 Å². The first-order valence-electron chi connectivity index (χ1n) is 6.63. The van der Waals surface area contributed by atoms with E-state index in [-0.39, 0.29) is 29.4 Å². The number of rotatable bonds is 4. The zero-order valence-electron chi connectivity index (χ0n) is 12.2. The van der Waals surface area contributed by atoms with E-state index in [2.05, 4.69) is 27.7 Å². The molecule has 0 aliphatic carbocycles. The zero-order valence-corrected chi connectivity index (χ0v) is 12.2. The maximum absolute atomic E-state index is 11.7. The molecule has 100 valence electrons. The summed E-state index contributed by atoms with van der Waals surface area (Å²) in [7, 11) is 0. The van der Waals surface area contributed by atoms with Crippen molar-refractivity contribution in [3.8, 4) is 0 Å². The van der Waals surface area contributed by atoms with Crippen LogP contribution in [-0.2, 0) is 9.63 Å². The molecule has 0 spiro atoms. The van der Waals surface area contributed by atoms with Crippen LogP contribution in [0.2, 0.25) is 0 Å². The number of hydroxylamine groups is 2. The van der Waals surface area contributed by atoms with E-state index in [1.165, 1.54) is 6.42 Å². The summed E-state index contributed by atoms with van der Waals surface area (Å²) in [5.41, 5.74) is 0.0258. The molecule has 3 nitrogen and oxygen atoms in total. The molecule has 1 heterocycles. The van der Waals surface area contributed by atoms with Gasteiger partial charge in [0.15, 0.2) is 5.78 Å². The first-order chi connectivity index (χ1) is 7.67. The smallest absolute Gasteiger partial charge is 0.163 e. The maximum atomic E-state index is 11.7. The molecule has 0 saturated carbocycles. The summed E-state index contributed by atoms with van der Waals surface area (Å²) in [5.74, 6) is 0.216. The molecule has 1 rings (SSSR count). The summed E-state index contributed by atoms with van der Waals surface area (Å²) in [6.45, 7) is 12.8. The van der Waals surface area contributed by atoms with Crippen LogP contribution in [0.4, 0.5) is 0 Å². The quantitative estimate of drug-likeness (QED) is 0.757. The highest BCUT2D eigenvalue weighted by Crippen LogP contribution is 2.38. The largest absolute Gasteiger partial charge is 0.297 e. The van der Waals surface area contributed by atoms with E-state index in [9.17, 15) is 4.79 Å². The molecule has 0 unspecified atom stereocenters. The van der Waals surface area contributed by atoms with Crippen molar-refractivity contribution in [2.75, 3.05) is 6.61 Å². The number of hydrogen-bond acceptors (Lipinski definition) is 3. The monoisotopic (exact) mass is 241 g/mol. The Bertz CT molecular complexity index is 266. The third kappa shape index (κ3) is 3.52. The molecule has 0 bridgehead atoms. The minimum absolute atomic E-state index is 0.0129. The van der Waals surface area contributed by atoms with Crippen molar-refractivity contribution in [2.45, 2.75) is 71.9 Å². The third-order valence-electron chi connectivity index (χ3n) is 3.66.